The predicted molar refractivity (Wildman–Crippen MR) is 33.3 cm³/mol. The minimum absolute atomic E-state index is 0.748. The Morgan fingerprint density at radius 2 is 1.44 bits per heavy atom. The van der Waals surface area contributed by atoms with E-state index in [4.69, 9.17) is 20.4 Å². The fraction of sp³-hybridized carbons (Fsp3) is 0.200. The molecule has 0 heterocycles. The first-order chi connectivity index (χ1) is 4.18. The summed E-state index contributed by atoms with van der Waals surface area (Å²) in [4.78, 5) is 0. The van der Waals surface area contributed by atoms with E-state index in [9.17, 15) is 0 Å². The van der Waals surface area contributed by atoms with Crippen LogP contribution >= 0.6 is 0 Å². The van der Waals surface area contributed by atoms with E-state index in [1.807, 2.05) is 0 Å². The van der Waals surface area contributed by atoms with Crippen LogP contribution < -0.4 is 0 Å². The van der Waals surface area contributed by atoms with E-state index in [0.29, 0.717) is 0 Å². The predicted octanol–water partition coefficient (Wildman–Crippen LogP) is 0.624. The second kappa shape index (κ2) is 6.84. The van der Waals surface area contributed by atoms with Crippen LogP contribution in [0.4, 0.5) is 0 Å². The Balaban J connectivity index is 0. The molecule has 0 saturated carbocycles. The van der Waals surface area contributed by atoms with Crippen LogP contribution in [0.15, 0.2) is 24.9 Å². The van der Waals surface area contributed by atoms with Gasteiger partial charge in [0.25, 0.3) is 0 Å². The van der Waals surface area contributed by atoms with Gasteiger partial charge in [-0.15, -0.1) is 13.2 Å². The van der Waals surface area contributed by atoms with Crippen molar-refractivity contribution in [2.75, 3.05) is 6.61 Å². The Hall–Kier alpha value is -1.16. The minimum atomic E-state index is -1.23. The van der Waals surface area contributed by atoms with Crippen molar-refractivity contribution in [2.24, 2.45) is 0 Å². The van der Waals surface area contributed by atoms with Crippen molar-refractivity contribution < 1.29 is 20.4 Å². The Morgan fingerprint density at radius 3 is 1.44 bits per heavy atom. The van der Waals surface area contributed by atoms with Gasteiger partial charge in [-0.25, -0.2) is 0 Å². The van der Waals surface area contributed by atoms with Gasteiger partial charge in [0.2, 0.25) is 0 Å². The van der Waals surface area contributed by atoms with Crippen LogP contribution in [0.3, 0.4) is 0 Å². The first-order valence-electron chi connectivity index (χ1n) is 2.09. The van der Waals surface area contributed by atoms with Gasteiger partial charge in [0.05, 0.1) is 0 Å². The second-order valence-corrected chi connectivity index (χ2v) is 0.928. The Bertz CT molecular complexity index is 93.1. The number of rotatable bonds is 1. The molecule has 0 bridgehead atoms. The molecule has 0 aromatic rings. The lowest BCUT2D eigenvalue weighted by Crippen LogP contribution is -1.93. The lowest BCUT2D eigenvalue weighted by atomic mass is 10.6. The number of hydrogen-bond donors (Lipinski definition) is 4. The van der Waals surface area contributed by atoms with Crippen LogP contribution in [0.2, 0.25) is 0 Å². The molecular formula is C5H10O4. The van der Waals surface area contributed by atoms with Crippen molar-refractivity contribution in [3.05, 3.63) is 24.9 Å². The molecule has 0 spiro atoms. The van der Waals surface area contributed by atoms with Crippen LogP contribution in [-0.2, 0) is 0 Å². The van der Waals surface area contributed by atoms with E-state index in [1.165, 1.54) is 0 Å². The summed E-state index contributed by atoms with van der Waals surface area (Å²) in [6.45, 7) is 5.25. The Kier molecular flexibility index (Phi) is 8.17. The normalized spacial score (nSPS) is 6.78. The Labute approximate surface area is 53.0 Å². The van der Waals surface area contributed by atoms with Crippen LogP contribution in [-0.4, -0.2) is 27.0 Å². The van der Waals surface area contributed by atoms with Crippen molar-refractivity contribution in [2.45, 2.75) is 0 Å². The fourth-order valence-corrected chi connectivity index (χ4v) is 0.0707. The largest absolute Gasteiger partial charge is 0.504 e. The molecule has 0 aromatic heterocycles. The first-order valence-corrected chi connectivity index (χ1v) is 2.09. The standard InChI is InChI=1S/C3H6O4.C2H4/c4-1-2(5)3(6)7;1-2/h4-7H,1H2;1-2H2. The highest BCUT2D eigenvalue weighted by molar-refractivity contribution is 4.87. The molecule has 0 aliphatic carbocycles. The zero-order valence-electron chi connectivity index (χ0n) is 4.91. The molecule has 0 aromatic carbocycles. The van der Waals surface area contributed by atoms with Gasteiger partial charge < -0.3 is 20.4 Å². The van der Waals surface area contributed by atoms with Crippen LogP contribution in [0.25, 0.3) is 0 Å². The molecule has 0 radical (unpaired) electrons. The molecule has 4 nitrogen and oxygen atoms in total. The molecule has 4 N–H and O–H groups in total. The van der Waals surface area contributed by atoms with Gasteiger partial charge in [0.15, 0.2) is 5.76 Å². The van der Waals surface area contributed by atoms with Gasteiger partial charge in [-0.05, 0) is 0 Å². The molecule has 54 valence electrons. The molecule has 9 heavy (non-hydrogen) atoms. The molecule has 0 atom stereocenters. The minimum Gasteiger partial charge on any atom is -0.504 e. The average Bonchev–Trinajstić information content (AvgIpc) is 1.91. The number of hydrogen-bond acceptors (Lipinski definition) is 4. The van der Waals surface area contributed by atoms with E-state index in [1.54, 1.807) is 0 Å². The van der Waals surface area contributed by atoms with Crippen molar-refractivity contribution in [1.82, 2.24) is 0 Å². The molecule has 0 saturated heterocycles. The summed E-state index contributed by atoms with van der Waals surface area (Å²) in [5.74, 6) is -2.05. The molecular weight excluding hydrogens is 124 g/mol. The second-order valence-electron chi connectivity index (χ2n) is 0.928. The highest BCUT2D eigenvalue weighted by atomic mass is 16.5. The molecule has 0 fully saturated rings. The van der Waals surface area contributed by atoms with E-state index in [-0.39, 0.29) is 0 Å². The maximum absolute atomic E-state index is 8.06. The maximum atomic E-state index is 8.06. The summed E-state index contributed by atoms with van der Waals surface area (Å²) in [7, 11) is 0. The summed E-state index contributed by atoms with van der Waals surface area (Å²) >= 11 is 0. The highest BCUT2D eigenvalue weighted by Crippen LogP contribution is 1.87. The zero-order chi connectivity index (χ0) is 7.86. The topological polar surface area (TPSA) is 80.9 Å². The van der Waals surface area contributed by atoms with Gasteiger partial charge in [-0.3, -0.25) is 0 Å². The third-order valence-electron chi connectivity index (χ3n) is 0.408. The van der Waals surface area contributed by atoms with Gasteiger partial charge in [0, 0.05) is 0 Å². The zero-order valence-corrected chi connectivity index (χ0v) is 4.91. The highest BCUT2D eigenvalue weighted by Gasteiger charge is 1.95. The molecule has 0 rings (SSSR count). The Morgan fingerprint density at radius 1 is 1.11 bits per heavy atom. The third-order valence-corrected chi connectivity index (χ3v) is 0.408. The molecule has 0 aliphatic rings. The van der Waals surface area contributed by atoms with Crippen LogP contribution in [0.1, 0.15) is 0 Å². The van der Waals surface area contributed by atoms with Gasteiger partial charge in [0.1, 0.15) is 6.61 Å². The van der Waals surface area contributed by atoms with E-state index in [0.717, 1.165) is 0 Å². The van der Waals surface area contributed by atoms with Crippen molar-refractivity contribution in [1.29, 1.82) is 0 Å². The summed E-state index contributed by atoms with van der Waals surface area (Å²) in [6.07, 6.45) is 0. The molecule has 0 unspecified atom stereocenters. The fourth-order valence-electron chi connectivity index (χ4n) is 0.0707. The van der Waals surface area contributed by atoms with Crippen molar-refractivity contribution in [3.63, 3.8) is 0 Å². The quantitative estimate of drug-likeness (QED) is 0.313. The van der Waals surface area contributed by atoms with Gasteiger partial charge in [-0.2, -0.15) is 0 Å². The first kappa shape index (κ1) is 10.8. The van der Waals surface area contributed by atoms with Crippen LogP contribution in [0.5, 0.6) is 0 Å². The average molecular weight is 134 g/mol. The lowest BCUT2D eigenvalue weighted by Gasteiger charge is -1.89. The summed E-state index contributed by atoms with van der Waals surface area (Å²) in [5.41, 5.74) is 0. The van der Waals surface area contributed by atoms with Gasteiger partial charge >= 0.3 is 5.95 Å². The SMILES string of the molecule is C=C.OCC(O)=C(O)O. The molecule has 4 heteroatoms. The summed E-state index contributed by atoms with van der Waals surface area (Å²) in [6, 6.07) is 0. The van der Waals surface area contributed by atoms with Crippen molar-refractivity contribution >= 4 is 0 Å². The van der Waals surface area contributed by atoms with Crippen molar-refractivity contribution in [3.8, 4) is 0 Å². The van der Waals surface area contributed by atoms with Gasteiger partial charge in [-0.1, -0.05) is 0 Å². The van der Waals surface area contributed by atoms with E-state index in [2.05, 4.69) is 13.2 Å². The van der Waals surface area contributed by atoms with Crippen LogP contribution in [0, 0.1) is 0 Å². The van der Waals surface area contributed by atoms with E-state index >= 15 is 0 Å². The van der Waals surface area contributed by atoms with E-state index < -0.39 is 18.3 Å². The smallest absolute Gasteiger partial charge is 0.316 e. The molecule has 0 amide bonds. The molecule has 0 aliphatic heterocycles. The summed E-state index contributed by atoms with van der Waals surface area (Å²) < 4.78 is 0. The number of aliphatic hydroxyl groups is 4. The lowest BCUT2D eigenvalue weighted by molar-refractivity contribution is 0.137. The maximum Gasteiger partial charge on any atom is 0.316 e. The third kappa shape index (κ3) is 6.84. The monoisotopic (exact) mass is 134 g/mol. The number of aliphatic hydroxyl groups excluding tert-OH is 3. The summed E-state index contributed by atoms with van der Waals surface area (Å²) in [5, 5.41) is 31.6.